The SMILES string of the molecule is Cl.Cl.NC(=O)C(Oc1ccc(C(F)(F)F)cc1)=C(N)c1ccc(-c2cn[nH]c2)cc1. The fraction of sp³-hybridized carbons (Fsp3) is 0.0526. The van der Waals surface area contributed by atoms with Crippen molar-refractivity contribution in [3.05, 3.63) is 77.8 Å². The molecule has 1 heterocycles. The second kappa shape index (κ2) is 10.0. The number of aromatic amines is 1. The summed E-state index contributed by atoms with van der Waals surface area (Å²) >= 11 is 0. The maximum atomic E-state index is 12.6. The predicted octanol–water partition coefficient (Wildman–Crippen LogP) is 4.13. The van der Waals surface area contributed by atoms with Crippen LogP contribution in [-0.2, 0) is 11.0 Å². The van der Waals surface area contributed by atoms with Gasteiger partial charge in [-0.05, 0) is 29.8 Å². The summed E-state index contributed by atoms with van der Waals surface area (Å²) in [4.78, 5) is 11.8. The van der Waals surface area contributed by atoms with E-state index in [-0.39, 0.29) is 42.0 Å². The van der Waals surface area contributed by atoms with E-state index in [1.54, 1.807) is 36.7 Å². The highest BCUT2D eigenvalue weighted by Crippen LogP contribution is 2.31. The zero-order chi connectivity index (χ0) is 20.3. The highest BCUT2D eigenvalue weighted by atomic mass is 35.5. The third kappa shape index (κ3) is 5.68. The summed E-state index contributed by atoms with van der Waals surface area (Å²) in [5, 5.41) is 6.57. The minimum absolute atomic E-state index is 0. The van der Waals surface area contributed by atoms with Crippen LogP contribution in [0.5, 0.6) is 5.75 Å². The number of carbonyl (C=O) groups excluding carboxylic acids is 1. The molecule has 0 bridgehead atoms. The first-order chi connectivity index (χ1) is 13.3. The molecule has 5 N–H and O–H groups in total. The normalized spacial score (nSPS) is 11.6. The Morgan fingerprint density at radius 1 is 0.933 bits per heavy atom. The number of rotatable bonds is 5. The van der Waals surface area contributed by atoms with Gasteiger partial charge in [0.15, 0.2) is 0 Å². The Kier molecular flexibility index (Phi) is 8.32. The highest BCUT2D eigenvalue weighted by molar-refractivity contribution is 5.98. The Morgan fingerprint density at radius 3 is 2.00 bits per heavy atom. The first-order valence-corrected chi connectivity index (χ1v) is 8.00. The molecule has 0 aliphatic carbocycles. The Morgan fingerprint density at radius 2 is 1.53 bits per heavy atom. The van der Waals surface area contributed by atoms with Gasteiger partial charge in [-0.2, -0.15) is 18.3 Å². The molecule has 0 saturated carbocycles. The summed E-state index contributed by atoms with van der Waals surface area (Å²) in [5.41, 5.74) is 12.7. The van der Waals surface area contributed by atoms with E-state index in [4.69, 9.17) is 16.2 Å². The number of nitrogens with one attached hydrogen (secondary N) is 1. The Bertz CT molecular complexity index is 1000. The minimum Gasteiger partial charge on any atom is -0.449 e. The summed E-state index contributed by atoms with van der Waals surface area (Å²) in [7, 11) is 0. The van der Waals surface area contributed by atoms with Crippen LogP contribution in [0.2, 0.25) is 0 Å². The van der Waals surface area contributed by atoms with Crippen molar-refractivity contribution in [2.75, 3.05) is 0 Å². The van der Waals surface area contributed by atoms with Gasteiger partial charge in [-0.15, -0.1) is 24.8 Å². The zero-order valence-electron chi connectivity index (χ0n) is 15.1. The van der Waals surface area contributed by atoms with Crippen molar-refractivity contribution >= 4 is 36.4 Å². The number of aromatic nitrogens is 2. The molecule has 1 aromatic heterocycles. The van der Waals surface area contributed by atoms with Crippen LogP contribution in [0.4, 0.5) is 13.2 Å². The molecule has 2 aromatic carbocycles. The summed E-state index contributed by atoms with van der Waals surface area (Å²) in [6, 6.07) is 10.7. The summed E-state index contributed by atoms with van der Waals surface area (Å²) in [6.45, 7) is 0. The zero-order valence-corrected chi connectivity index (χ0v) is 16.8. The van der Waals surface area contributed by atoms with E-state index in [1.807, 2.05) is 0 Å². The van der Waals surface area contributed by atoms with Crippen LogP contribution in [0.15, 0.2) is 66.7 Å². The average Bonchev–Trinajstić information content (AvgIpc) is 3.20. The van der Waals surface area contributed by atoms with E-state index in [0.717, 1.165) is 35.4 Å². The molecule has 0 aliphatic rings. The second-order valence-electron chi connectivity index (χ2n) is 5.80. The maximum Gasteiger partial charge on any atom is 0.416 e. The molecule has 30 heavy (non-hydrogen) atoms. The number of alkyl halides is 3. The topological polar surface area (TPSA) is 107 Å². The van der Waals surface area contributed by atoms with Gasteiger partial charge < -0.3 is 16.2 Å². The van der Waals surface area contributed by atoms with Gasteiger partial charge in [0.1, 0.15) is 5.75 Å². The van der Waals surface area contributed by atoms with Crippen LogP contribution in [0.25, 0.3) is 16.8 Å². The Labute approximate surface area is 181 Å². The van der Waals surface area contributed by atoms with Crippen LogP contribution < -0.4 is 16.2 Å². The molecule has 1 amide bonds. The summed E-state index contributed by atoms with van der Waals surface area (Å²) in [6.07, 6.45) is -1.11. The van der Waals surface area contributed by atoms with Gasteiger partial charge in [-0.25, -0.2) is 0 Å². The van der Waals surface area contributed by atoms with Gasteiger partial charge in [0.2, 0.25) is 5.76 Å². The molecule has 11 heteroatoms. The van der Waals surface area contributed by atoms with Crippen LogP contribution in [0.1, 0.15) is 11.1 Å². The van der Waals surface area contributed by atoms with Gasteiger partial charge in [0, 0.05) is 17.3 Å². The number of nitrogens with zero attached hydrogens (tertiary/aromatic N) is 1. The standard InChI is InChI=1S/C19H15F3N4O2.2ClH/c20-19(21,22)14-5-7-15(8-6-14)28-17(18(24)27)16(23)12-3-1-11(2-4-12)13-9-25-26-10-13;;/h1-10H,23H2,(H2,24,27)(H,25,26);2*1H. The number of H-pyrrole nitrogens is 1. The van der Waals surface area contributed by atoms with Gasteiger partial charge in [-0.1, -0.05) is 24.3 Å². The van der Waals surface area contributed by atoms with Crippen molar-refractivity contribution in [2.45, 2.75) is 6.18 Å². The van der Waals surface area contributed by atoms with Gasteiger partial charge in [0.05, 0.1) is 17.5 Å². The van der Waals surface area contributed by atoms with Crippen molar-refractivity contribution in [1.29, 1.82) is 0 Å². The molecular formula is C19H17Cl2F3N4O2. The molecule has 3 rings (SSSR count). The van der Waals surface area contributed by atoms with E-state index in [2.05, 4.69) is 10.2 Å². The minimum atomic E-state index is -4.48. The molecule has 0 spiro atoms. The van der Waals surface area contributed by atoms with Crippen molar-refractivity contribution in [1.82, 2.24) is 10.2 Å². The first kappa shape index (κ1) is 24.9. The largest absolute Gasteiger partial charge is 0.449 e. The van der Waals surface area contributed by atoms with Crippen LogP contribution in [0, 0.1) is 0 Å². The number of hydrogen-bond donors (Lipinski definition) is 3. The smallest absolute Gasteiger partial charge is 0.416 e. The fourth-order valence-electron chi connectivity index (χ4n) is 2.45. The number of halogens is 5. The van der Waals surface area contributed by atoms with E-state index in [0.29, 0.717) is 5.56 Å². The lowest BCUT2D eigenvalue weighted by Gasteiger charge is -2.12. The quantitative estimate of drug-likeness (QED) is 0.392. The van der Waals surface area contributed by atoms with E-state index in [9.17, 15) is 18.0 Å². The van der Waals surface area contributed by atoms with Crippen LogP contribution in [-0.4, -0.2) is 16.1 Å². The number of nitrogens with two attached hydrogens (primary N) is 2. The molecular weight excluding hydrogens is 444 g/mol. The van der Waals surface area contributed by atoms with Crippen molar-refractivity contribution in [2.24, 2.45) is 11.5 Å². The molecule has 0 atom stereocenters. The number of carbonyl (C=O) groups is 1. The molecule has 0 radical (unpaired) electrons. The lowest BCUT2D eigenvalue weighted by Crippen LogP contribution is -2.22. The molecule has 3 aromatic rings. The fourth-order valence-corrected chi connectivity index (χ4v) is 2.45. The van der Waals surface area contributed by atoms with Crippen LogP contribution in [0.3, 0.4) is 0 Å². The highest BCUT2D eigenvalue weighted by Gasteiger charge is 2.30. The van der Waals surface area contributed by atoms with Crippen molar-refractivity contribution in [3.8, 4) is 16.9 Å². The molecule has 160 valence electrons. The number of amides is 1. The molecule has 0 unspecified atom stereocenters. The number of benzene rings is 2. The average molecular weight is 461 g/mol. The van der Waals surface area contributed by atoms with E-state index in [1.165, 1.54) is 0 Å². The predicted molar refractivity (Wildman–Crippen MR) is 111 cm³/mol. The molecule has 0 fully saturated rings. The third-order valence-electron chi connectivity index (χ3n) is 3.90. The lowest BCUT2D eigenvalue weighted by molar-refractivity contribution is -0.137. The number of ether oxygens (including phenoxy) is 1. The van der Waals surface area contributed by atoms with E-state index < -0.39 is 17.6 Å². The third-order valence-corrected chi connectivity index (χ3v) is 3.90. The Balaban J connectivity index is 0.00000225. The lowest BCUT2D eigenvalue weighted by atomic mass is 10.0. The second-order valence-corrected chi connectivity index (χ2v) is 5.80. The van der Waals surface area contributed by atoms with Gasteiger partial charge >= 0.3 is 6.18 Å². The van der Waals surface area contributed by atoms with Crippen molar-refractivity contribution in [3.63, 3.8) is 0 Å². The van der Waals surface area contributed by atoms with Gasteiger partial charge in [-0.3, -0.25) is 9.89 Å². The van der Waals surface area contributed by atoms with Gasteiger partial charge in [0.25, 0.3) is 5.91 Å². The van der Waals surface area contributed by atoms with E-state index >= 15 is 0 Å². The summed E-state index contributed by atoms with van der Waals surface area (Å²) < 4.78 is 43.3. The molecule has 0 aliphatic heterocycles. The monoisotopic (exact) mass is 460 g/mol. The number of primary amides is 1. The number of hydrogen-bond acceptors (Lipinski definition) is 4. The molecule has 6 nitrogen and oxygen atoms in total. The summed E-state index contributed by atoms with van der Waals surface area (Å²) in [5.74, 6) is -1.31. The maximum absolute atomic E-state index is 12.6. The molecule has 0 saturated heterocycles. The Hall–Kier alpha value is -3.17. The van der Waals surface area contributed by atoms with Crippen LogP contribution >= 0.6 is 24.8 Å². The first-order valence-electron chi connectivity index (χ1n) is 8.00. The van der Waals surface area contributed by atoms with Crippen molar-refractivity contribution < 1.29 is 22.7 Å².